The number of hydrogen-bond donors (Lipinski definition) is 2. The van der Waals surface area contributed by atoms with Gasteiger partial charge in [-0.05, 0) is 57.4 Å². The van der Waals surface area contributed by atoms with E-state index >= 15 is 0 Å². The molecular weight excluding hydrogens is 304 g/mol. The Kier molecular flexibility index (Phi) is 5.08. The summed E-state index contributed by atoms with van der Waals surface area (Å²) in [6.07, 6.45) is 1.92. The zero-order valence-corrected chi connectivity index (χ0v) is 13.9. The second kappa shape index (κ2) is 6.66. The molecule has 1 aliphatic carbocycles. The Morgan fingerprint density at radius 1 is 1.41 bits per heavy atom. The Labute approximate surface area is 131 Å². The number of amides is 1. The predicted molar refractivity (Wildman–Crippen MR) is 83.3 cm³/mol. The first-order valence-corrected chi connectivity index (χ1v) is 8.88. The fourth-order valence-electron chi connectivity index (χ4n) is 2.01. The van der Waals surface area contributed by atoms with E-state index in [-0.39, 0.29) is 16.8 Å². The number of hydrogen-bond acceptors (Lipinski definition) is 4. The lowest BCUT2D eigenvalue weighted by Gasteiger charge is -2.15. The molecule has 0 saturated heterocycles. The maximum atomic E-state index is 12.3. The normalized spacial score (nSPS) is 16.1. The van der Waals surface area contributed by atoms with E-state index in [2.05, 4.69) is 10.0 Å². The van der Waals surface area contributed by atoms with Crippen LogP contribution in [0.15, 0.2) is 23.1 Å². The Balaban J connectivity index is 2.08. The van der Waals surface area contributed by atoms with Crippen LogP contribution in [0.3, 0.4) is 0 Å². The van der Waals surface area contributed by atoms with E-state index in [1.54, 1.807) is 19.1 Å². The van der Waals surface area contributed by atoms with Crippen molar-refractivity contribution >= 4 is 15.9 Å². The lowest BCUT2D eigenvalue weighted by molar-refractivity contribution is -0.122. The first kappa shape index (κ1) is 16.8. The molecule has 0 radical (unpaired) electrons. The molecule has 2 N–H and O–H groups in total. The van der Waals surface area contributed by atoms with Crippen LogP contribution in [-0.4, -0.2) is 33.0 Å². The van der Waals surface area contributed by atoms with Crippen LogP contribution >= 0.6 is 0 Å². The summed E-state index contributed by atoms with van der Waals surface area (Å²) >= 11 is 0. The van der Waals surface area contributed by atoms with Crippen molar-refractivity contribution in [3.8, 4) is 5.75 Å². The molecule has 122 valence electrons. The largest absolute Gasteiger partial charge is 0.494 e. The molecule has 0 aromatic heterocycles. The van der Waals surface area contributed by atoms with Gasteiger partial charge in [-0.15, -0.1) is 0 Å². The smallest absolute Gasteiger partial charge is 0.241 e. The van der Waals surface area contributed by atoms with Crippen LogP contribution in [0.25, 0.3) is 0 Å². The summed E-state index contributed by atoms with van der Waals surface area (Å²) < 4.78 is 32.5. The molecule has 0 unspecified atom stereocenters. The highest BCUT2D eigenvalue weighted by Gasteiger charge is 2.28. The van der Waals surface area contributed by atoms with Crippen LogP contribution in [-0.2, 0) is 14.8 Å². The molecule has 1 amide bonds. The van der Waals surface area contributed by atoms with E-state index in [4.69, 9.17) is 4.74 Å². The van der Waals surface area contributed by atoms with E-state index in [1.807, 2.05) is 6.92 Å². The predicted octanol–water partition coefficient (Wildman–Crippen LogP) is 1.34. The molecule has 0 bridgehead atoms. The molecule has 1 saturated carbocycles. The minimum absolute atomic E-state index is 0.125. The number of carbonyl (C=O) groups is 1. The Morgan fingerprint density at radius 3 is 2.64 bits per heavy atom. The average Bonchev–Trinajstić information content (AvgIpc) is 3.24. The molecule has 6 nitrogen and oxygen atoms in total. The van der Waals surface area contributed by atoms with Gasteiger partial charge >= 0.3 is 0 Å². The number of aryl methyl sites for hydroxylation is 1. The summed E-state index contributed by atoms with van der Waals surface area (Å²) in [6, 6.07) is 4.04. The van der Waals surface area contributed by atoms with Crippen molar-refractivity contribution in [3.05, 3.63) is 23.8 Å². The first-order valence-electron chi connectivity index (χ1n) is 7.39. The van der Waals surface area contributed by atoms with E-state index in [0.717, 1.165) is 18.4 Å². The summed E-state index contributed by atoms with van der Waals surface area (Å²) in [5, 5.41) is 2.78. The van der Waals surface area contributed by atoms with Crippen LogP contribution in [0.1, 0.15) is 32.3 Å². The Bertz CT molecular complexity index is 654. The highest BCUT2D eigenvalue weighted by Crippen LogP contribution is 2.22. The van der Waals surface area contributed by atoms with Gasteiger partial charge in [-0.25, -0.2) is 8.42 Å². The Hall–Kier alpha value is -1.60. The minimum Gasteiger partial charge on any atom is -0.494 e. The summed E-state index contributed by atoms with van der Waals surface area (Å²) in [6.45, 7) is 5.71. The third kappa shape index (κ3) is 4.20. The van der Waals surface area contributed by atoms with Crippen LogP contribution in [0.2, 0.25) is 0 Å². The molecular formula is C15H22N2O4S. The summed E-state index contributed by atoms with van der Waals surface area (Å²) in [5.41, 5.74) is 0.736. The van der Waals surface area contributed by atoms with Crippen LogP contribution < -0.4 is 14.8 Å². The van der Waals surface area contributed by atoms with E-state index in [1.165, 1.54) is 13.0 Å². The topological polar surface area (TPSA) is 84.5 Å². The van der Waals surface area contributed by atoms with Gasteiger partial charge in [-0.3, -0.25) is 4.79 Å². The molecule has 0 aliphatic heterocycles. The van der Waals surface area contributed by atoms with Crippen molar-refractivity contribution < 1.29 is 17.9 Å². The van der Waals surface area contributed by atoms with Crippen molar-refractivity contribution in [3.63, 3.8) is 0 Å². The quantitative estimate of drug-likeness (QED) is 0.792. The van der Waals surface area contributed by atoms with E-state index in [9.17, 15) is 13.2 Å². The van der Waals surface area contributed by atoms with Gasteiger partial charge in [0.15, 0.2) is 0 Å². The summed E-state index contributed by atoms with van der Waals surface area (Å²) in [7, 11) is -3.74. The molecule has 2 rings (SSSR count). The zero-order chi connectivity index (χ0) is 16.3. The van der Waals surface area contributed by atoms with Crippen LogP contribution in [0.4, 0.5) is 0 Å². The highest BCUT2D eigenvalue weighted by molar-refractivity contribution is 7.89. The van der Waals surface area contributed by atoms with Crippen molar-refractivity contribution in [2.45, 2.75) is 50.6 Å². The molecule has 1 atom stereocenters. The van der Waals surface area contributed by atoms with Gasteiger partial charge in [0.2, 0.25) is 15.9 Å². The fourth-order valence-corrected chi connectivity index (χ4v) is 3.30. The van der Waals surface area contributed by atoms with Gasteiger partial charge in [0.25, 0.3) is 0 Å². The van der Waals surface area contributed by atoms with Crippen molar-refractivity contribution in [2.75, 3.05) is 6.61 Å². The molecule has 1 fully saturated rings. The van der Waals surface area contributed by atoms with Gasteiger partial charge < -0.3 is 10.1 Å². The molecule has 22 heavy (non-hydrogen) atoms. The van der Waals surface area contributed by atoms with Gasteiger partial charge in [0.1, 0.15) is 5.75 Å². The maximum absolute atomic E-state index is 12.3. The SMILES string of the molecule is CCOc1ccc(S(=O)(=O)N[C@H](C)C(=O)NC2CC2)cc1C. The molecule has 1 aromatic carbocycles. The van der Waals surface area contributed by atoms with Crippen LogP contribution in [0, 0.1) is 6.92 Å². The second-order valence-electron chi connectivity index (χ2n) is 5.49. The Morgan fingerprint density at radius 2 is 2.09 bits per heavy atom. The maximum Gasteiger partial charge on any atom is 0.241 e. The molecule has 7 heteroatoms. The van der Waals surface area contributed by atoms with Gasteiger partial charge in [-0.2, -0.15) is 4.72 Å². The van der Waals surface area contributed by atoms with Crippen LogP contribution in [0.5, 0.6) is 5.75 Å². The van der Waals surface area contributed by atoms with Crippen molar-refractivity contribution in [1.29, 1.82) is 0 Å². The van der Waals surface area contributed by atoms with Gasteiger partial charge in [-0.1, -0.05) is 0 Å². The fraction of sp³-hybridized carbons (Fsp3) is 0.533. The lowest BCUT2D eigenvalue weighted by Crippen LogP contribution is -2.45. The van der Waals surface area contributed by atoms with E-state index < -0.39 is 16.1 Å². The molecule has 1 aliphatic rings. The number of sulfonamides is 1. The number of benzene rings is 1. The molecule has 0 spiro atoms. The van der Waals surface area contributed by atoms with Gasteiger partial charge in [0, 0.05) is 6.04 Å². The van der Waals surface area contributed by atoms with Crippen molar-refractivity contribution in [2.24, 2.45) is 0 Å². The van der Waals surface area contributed by atoms with Crippen molar-refractivity contribution in [1.82, 2.24) is 10.0 Å². The van der Waals surface area contributed by atoms with Gasteiger partial charge in [0.05, 0.1) is 17.5 Å². The summed E-state index contributed by atoms with van der Waals surface area (Å²) in [4.78, 5) is 12.0. The molecule has 1 aromatic rings. The second-order valence-corrected chi connectivity index (χ2v) is 7.20. The third-order valence-corrected chi connectivity index (χ3v) is 4.94. The van der Waals surface area contributed by atoms with E-state index in [0.29, 0.717) is 12.4 Å². The average molecular weight is 326 g/mol. The standard InChI is InChI=1S/C15H22N2O4S/c1-4-21-14-8-7-13(9-10(14)2)22(19,20)17-11(3)15(18)16-12-5-6-12/h7-9,11-12,17H,4-6H2,1-3H3,(H,16,18)/t11-/m1/s1. The summed E-state index contributed by atoms with van der Waals surface area (Å²) in [5.74, 6) is 0.356. The number of carbonyl (C=O) groups excluding carboxylic acids is 1. The lowest BCUT2D eigenvalue weighted by atomic mass is 10.2. The number of rotatable bonds is 7. The minimum atomic E-state index is -3.74. The zero-order valence-electron chi connectivity index (χ0n) is 13.0. The number of nitrogens with one attached hydrogen (secondary N) is 2. The first-order chi connectivity index (χ1) is 10.3. The monoisotopic (exact) mass is 326 g/mol. The molecule has 0 heterocycles. The number of ether oxygens (including phenoxy) is 1. The highest BCUT2D eigenvalue weighted by atomic mass is 32.2. The third-order valence-electron chi connectivity index (χ3n) is 3.41.